The van der Waals surface area contributed by atoms with Gasteiger partial charge >= 0.3 is 35.8 Å². The van der Waals surface area contributed by atoms with Crippen LogP contribution in [0.1, 0.15) is 176 Å². The number of rotatable bonds is 22. The number of cyclic esters (lactones) is 4. The zero-order valence-corrected chi connectivity index (χ0v) is 36.8. The Balaban J connectivity index is 1.47. The average molecular weight is 827 g/mol. The van der Waals surface area contributed by atoms with Crippen molar-refractivity contribution in [3.8, 4) is 0 Å². The highest BCUT2D eigenvalue weighted by atomic mass is 16.6. The number of aliphatic carboxylic acids is 2. The second-order valence-corrected chi connectivity index (χ2v) is 20.2. The number of carboxylic acids is 2. The smallest absolute Gasteiger partial charge is 0.318 e. The topological polar surface area (TPSA) is 171 Å². The Labute approximate surface area is 352 Å². The molecule has 5 rings (SSSR count). The number of hydrogen-bond donors (Lipinski definition) is 2. The van der Waals surface area contributed by atoms with Crippen molar-refractivity contribution in [3.05, 3.63) is 12.2 Å². The minimum absolute atomic E-state index is 0.0620. The van der Waals surface area contributed by atoms with Crippen LogP contribution < -0.4 is 0 Å². The van der Waals surface area contributed by atoms with Crippen LogP contribution in [0.3, 0.4) is 0 Å². The molecule has 0 amide bonds. The predicted octanol–water partition coefficient (Wildman–Crippen LogP) is 9.87. The van der Waals surface area contributed by atoms with Crippen LogP contribution in [0.2, 0.25) is 0 Å². The first kappa shape index (κ1) is 47.0. The van der Waals surface area contributed by atoms with Crippen LogP contribution in [-0.4, -0.2) is 58.2 Å². The van der Waals surface area contributed by atoms with E-state index < -0.39 is 64.4 Å². The standard InChI is InChI=1S/C48H74O11/c1-7-8-9-15-19-32(34-28-37(51)58-42(34)52)22-23-33(20-16-13-11-10-12-14-17-21-36(49)50)57-41-38(30(2)3)31(4)39-40(44(54)59-43(39)53)48(41)27-24-35-46(5,29-48)25-18-26-47(35,6)45(55)56/h15,19,30-35,38-41H,7-14,16-18,20-29H2,1-6H3,(H,49,50)(H,55,56)/b19-15+. The van der Waals surface area contributed by atoms with Gasteiger partial charge in [-0.15, -0.1) is 0 Å². The van der Waals surface area contributed by atoms with E-state index in [1.165, 1.54) is 0 Å². The molecule has 2 N–H and O–H groups in total. The highest BCUT2D eigenvalue weighted by Gasteiger charge is 2.71. The van der Waals surface area contributed by atoms with Gasteiger partial charge in [-0.1, -0.05) is 105 Å². The number of ether oxygens (including phenoxy) is 3. The van der Waals surface area contributed by atoms with Crippen molar-refractivity contribution in [1.82, 2.24) is 0 Å². The maximum Gasteiger partial charge on any atom is 0.318 e. The van der Waals surface area contributed by atoms with Gasteiger partial charge in [-0.3, -0.25) is 28.8 Å². The number of carbonyl (C=O) groups excluding carboxylic acids is 4. The maximum atomic E-state index is 14.1. The van der Waals surface area contributed by atoms with Crippen LogP contribution in [0.4, 0.5) is 0 Å². The summed E-state index contributed by atoms with van der Waals surface area (Å²) in [5.74, 6) is -5.59. The molecule has 12 atom stereocenters. The van der Waals surface area contributed by atoms with Gasteiger partial charge < -0.3 is 24.4 Å². The molecule has 1 spiro atoms. The third kappa shape index (κ3) is 10.3. The molecule has 332 valence electrons. The van der Waals surface area contributed by atoms with Crippen molar-refractivity contribution < 1.29 is 53.2 Å². The quantitative estimate of drug-likeness (QED) is 0.0461. The molecule has 2 aliphatic heterocycles. The lowest BCUT2D eigenvalue weighted by Crippen LogP contribution is -2.65. The van der Waals surface area contributed by atoms with Crippen LogP contribution in [0.15, 0.2) is 12.2 Å². The molecule has 0 bridgehead atoms. The highest BCUT2D eigenvalue weighted by molar-refractivity contribution is 5.97. The first-order valence-corrected chi connectivity index (χ1v) is 23.3. The van der Waals surface area contributed by atoms with Crippen LogP contribution in [0.25, 0.3) is 0 Å². The summed E-state index contributed by atoms with van der Waals surface area (Å²) >= 11 is 0. The van der Waals surface area contributed by atoms with E-state index in [9.17, 15) is 33.9 Å². The lowest BCUT2D eigenvalue weighted by molar-refractivity contribution is -0.232. The molecule has 5 aliphatic rings. The number of esters is 4. The SMILES string of the molecule is CCCC/C=C/C(CCC(CCCCCCCCCC(=O)O)OC1C(C(C)C)C(C)C2C(=O)OC(=O)C2C12CCC1C(C)(CCCC1(C)C(=O)O)C2)C1CC(=O)OC1=O. The normalized spacial score (nSPS) is 35.5. The van der Waals surface area contributed by atoms with Crippen LogP contribution in [-0.2, 0) is 43.0 Å². The van der Waals surface area contributed by atoms with Crippen molar-refractivity contribution in [2.45, 2.75) is 189 Å². The third-order valence-electron chi connectivity index (χ3n) is 15.8. The number of unbranched alkanes of at least 4 members (excludes halogenated alkanes) is 8. The third-order valence-corrected chi connectivity index (χ3v) is 15.8. The number of carbonyl (C=O) groups is 6. The number of fused-ring (bicyclic) bond motifs is 3. The van der Waals surface area contributed by atoms with E-state index in [4.69, 9.17) is 19.3 Å². The fourth-order valence-corrected chi connectivity index (χ4v) is 13.0. The fraction of sp³-hybridized carbons (Fsp3) is 0.833. The van der Waals surface area contributed by atoms with E-state index >= 15 is 0 Å². The lowest BCUT2D eigenvalue weighted by atomic mass is 9.40. The summed E-state index contributed by atoms with van der Waals surface area (Å²) in [6.45, 7) is 12.7. The summed E-state index contributed by atoms with van der Waals surface area (Å²) in [5.41, 5.74) is -1.99. The minimum Gasteiger partial charge on any atom is -0.481 e. The van der Waals surface area contributed by atoms with Crippen molar-refractivity contribution in [2.75, 3.05) is 0 Å². The number of hydrogen-bond acceptors (Lipinski definition) is 9. The molecule has 0 aromatic carbocycles. The van der Waals surface area contributed by atoms with E-state index in [2.05, 4.69) is 46.8 Å². The Morgan fingerprint density at radius 1 is 0.864 bits per heavy atom. The van der Waals surface area contributed by atoms with Crippen molar-refractivity contribution in [3.63, 3.8) is 0 Å². The molecular weight excluding hydrogens is 753 g/mol. The van der Waals surface area contributed by atoms with E-state index in [1.807, 2.05) is 6.92 Å². The van der Waals surface area contributed by atoms with E-state index in [-0.39, 0.29) is 60.1 Å². The second kappa shape index (κ2) is 20.2. The summed E-state index contributed by atoms with van der Waals surface area (Å²) in [6.07, 6.45) is 19.4. The zero-order valence-electron chi connectivity index (χ0n) is 36.8. The molecule has 3 saturated carbocycles. The molecule has 3 aliphatic carbocycles. The molecule has 2 heterocycles. The molecule has 2 saturated heterocycles. The monoisotopic (exact) mass is 827 g/mol. The summed E-state index contributed by atoms with van der Waals surface area (Å²) in [6, 6.07) is 0. The summed E-state index contributed by atoms with van der Waals surface area (Å²) in [5, 5.41) is 19.6. The van der Waals surface area contributed by atoms with E-state index in [1.54, 1.807) is 0 Å². The van der Waals surface area contributed by atoms with Gasteiger partial charge in [-0.25, -0.2) is 0 Å². The van der Waals surface area contributed by atoms with Gasteiger partial charge in [0.1, 0.15) is 0 Å². The molecule has 0 radical (unpaired) electrons. The first-order chi connectivity index (χ1) is 28.0. The van der Waals surface area contributed by atoms with Crippen molar-refractivity contribution in [2.24, 2.45) is 63.6 Å². The molecular formula is C48H74O11. The fourth-order valence-electron chi connectivity index (χ4n) is 13.0. The summed E-state index contributed by atoms with van der Waals surface area (Å²) in [4.78, 5) is 76.8. The van der Waals surface area contributed by atoms with Crippen molar-refractivity contribution >= 4 is 35.8 Å². The maximum absolute atomic E-state index is 14.1. The van der Waals surface area contributed by atoms with Gasteiger partial charge in [0.05, 0.1) is 41.8 Å². The van der Waals surface area contributed by atoms with Crippen LogP contribution in [0.5, 0.6) is 0 Å². The van der Waals surface area contributed by atoms with Gasteiger partial charge in [0.2, 0.25) is 0 Å². The number of carboxylic acid groups (broad SMARTS) is 2. The molecule has 11 heteroatoms. The Bertz CT molecular complexity index is 1550. The van der Waals surface area contributed by atoms with Gasteiger partial charge in [-0.05, 0) is 106 Å². The lowest BCUT2D eigenvalue weighted by Gasteiger charge is -2.64. The van der Waals surface area contributed by atoms with Gasteiger partial charge in [0.25, 0.3) is 0 Å². The Hall–Kier alpha value is -3.08. The van der Waals surface area contributed by atoms with E-state index in [0.717, 1.165) is 77.0 Å². The predicted molar refractivity (Wildman–Crippen MR) is 221 cm³/mol. The van der Waals surface area contributed by atoms with E-state index in [0.29, 0.717) is 44.9 Å². The van der Waals surface area contributed by atoms with Crippen LogP contribution in [0, 0.1) is 63.6 Å². The molecule has 0 aromatic heterocycles. The molecule has 12 unspecified atom stereocenters. The van der Waals surface area contributed by atoms with Gasteiger partial charge in [0, 0.05) is 11.8 Å². The highest BCUT2D eigenvalue weighted by Crippen LogP contribution is 2.69. The molecule has 5 fully saturated rings. The molecule has 0 aromatic rings. The average Bonchev–Trinajstić information content (AvgIpc) is 3.67. The molecule has 11 nitrogen and oxygen atoms in total. The van der Waals surface area contributed by atoms with Gasteiger partial charge in [-0.2, -0.15) is 0 Å². The second-order valence-electron chi connectivity index (χ2n) is 20.2. The Kier molecular flexibility index (Phi) is 16.1. The first-order valence-electron chi connectivity index (χ1n) is 23.3. The minimum atomic E-state index is -0.878. The zero-order chi connectivity index (χ0) is 43.1. The number of allylic oxidation sites excluding steroid dienone is 2. The molecule has 59 heavy (non-hydrogen) atoms. The Morgan fingerprint density at radius 3 is 2.19 bits per heavy atom. The summed E-state index contributed by atoms with van der Waals surface area (Å²) in [7, 11) is 0. The largest absolute Gasteiger partial charge is 0.481 e. The summed E-state index contributed by atoms with van der Waals surface area (Å²) < 4.78 is 18.2. The van der Waals surface area contributed by atoms with Gasteiger partial charge in [0.15, 0.2) is 0 Å². The van der Waals surface area contributed by atoms with Crippen LogP contribution >= 0.6 is 0 Å². The Morgan fingerprint density at radius 2 is 1.56 bits per heavy atom. The van der Waals surface area contributed by atoms with Crippen molar-refractivity contribution in [1.29, 1.82) is 0 Å².